The molecule has 0 N–H and O–H groups in total. The van der Waals surface area contributed by atoms with Gasteiger partial charge in [0.05, 0.1) is 0 Å². The van der Waals surface area contributed by atoms with Gasteiger partial charge in [0.1, 0.15) is 17.5 Å². The molecule has 0 amide bonds. The molecular formula is C17H16ClF3. The van der Waals surface area contributed by atoms with Crippen molar-refractivity contribution >= 4 is 11.6 Å². The first-order valence-corrected chi connectivity index (χ1v) is 7.22. The third kappa shape index (κ3) is 3.41. The predicted molar refractivity (Wildman–Crippen MR) is 79.3 cm³/mol. The van der Waals surface area contributed by atoms with Crippen LogP contribution in [0.4, 0.5) is 13.2 Å². The van der Waals surface area contributed by atoms with Gasteiger partial charge in [0.2, 0.25) is 0 Å². The molecule has 0 aliphatic rings. The summed E-state index contributed by atoms with van der Waals surface area (Å²) < 4.78 is 41.6. The van der Waals surface area contributed by atoms with Gasteiger partial charge in [0.15, 0.2) is 0 Å². The van der Waals surface area contributed by atoms with Crippen molar-refractivity contribution in [1.29, 1.82) is 0 Å². The third-order valence-corrected chi connectivity index (χ3v) is 3.87. The summed E-state index contributed by atoms with van der Waals surface area (Å²) in [4.78, 5) is 0. The zero-order valence-electron chi connectivity index (χ0n) is 11.9. The summed E-state index contributed by atoms with van der Waals surface area (Å²) in [5.74, 6) is -1.71. The second-order valence-electron chi connectivity index (χ2n) is 5.12. The lowest BCUT2D eigenvalue weighted by Crippen LogP contribution is -2.06. The van der Waals surface area contributed by atoms with Crippen molar-refractivity contribution in [2.75, 3.05) is 0 Å². The highest BCUT2D eigenvalue weighted by Gasteiger charge is 2.17. The summed E-state index contributed by atoms with van der Waals surface area (Å²) in [6, 6.07) is 7.14. The fraction of sp³-hybridized carbons (Fsp3) is 0.294. The van der Waals surface area contributed by atoms with Gasteiger partial charge in [-0.1, -0.05) is 37.6 Å². The molecule has 4 heteroatoms. The van der Waals surface area contributed by atoms with E-state index in [1.54, 1.807) is 26.0 Å². The van der Waals surface area contributed by atoms with Gasteiger partial charge in [-0.05, 0) is 48.1 Å². The molecule has 0 saturated carbocycles. The van der Waals surface area contributed by atoms with Crippen molar-refractivity contribution in [3.05, 3.63) is 69.5 Å². The Balaban J connectivity index is 2.29. The summed E-state index contributed by atoms with van der Waals surface area (Å²) in [5.41, 5.74) is 0.951. The lowest BCUT2D eigenvalue weighted by Gasteiger charge is -2.15. The van der Waals surface area contributed by atoms with Crippen molar-refractivity contribution < 1.29 is 13.2 Å². The lowest BCUT2D eigenvalue weighted by molar-refractivity contribution is 0.538. The standard InChI is InChI=1S/C17H16ClF3/c1-3-13-15(19)7-4-11(17(13)21)8-10(2)14-6-5-12(18)9-16(14)20/h4-7,9-10H,3,8H2,1-2H3. The highest BCUT2D eigenvalue weighted by Crippen LogP contribution is 2.27. The van der Waals surface area contributed by atoms with Crippen LogP contribution in [0.3, 0.4) is 0 Å². The summed E-state index contributed by atoms with van der Waals surface area (Å²) in [7, 11) is 0. The van der Waals surface area contributed by atoms with Gasteiger partial charge in [-0.15, -0.1) is 0 Å². The molecule has 0 radical (unpaired) electrons. The first-order valence-electron chi connectivity index (χ1n) is 6.84. The Bertz CT molecular complexity index is 653. The van der Waals surface area contributed by atoms with Crippen LogP contribution in [-0.4, -0.2) is 0 Å². The smallest absolute Gasteiger partial charge is 0.132 e. The molecule has 1 unspecified atom stereocenters. The van der Waals surface area contributed by atoms with Crippen molar-refractivity contribution in [1.82, 2.24) is 0 Å². The van der Waals surface area contributed by atoms with E-state index in [4.69, 9.17) is 11.6 Å². The molecule has 0 aliphatic heterocycles. The van der Waals surface area contributed by atoms with Crippen LogP contribution < -0.4 is 0 Å². The van der Waals surface area contributed by atoms with E-state index >= 15 is 0 Å². The van der Waals surface area contributed by atoms with Gasteiger partial charge < -0.3 is 0 Å². The molecule has 0 spiro atoms. The topological polar surface area (TPSA) is 0 Å². The molecule has 0 aromatic heterocycles. The van der Waals surface area contributed by atoms with Crippen molar-refractivity contribution in [2.45, 2.75) is 32.6 Å². The number of halogens is 4. The number of benzene rings is 2. The molecule has 0 heterocycles. The molecule has 0 nitrogen and oxygen atoms in total. The minimum Gasteiger partial charge on any atom is -0.207 e. The Morgan fingerprint density at radius 2 is 1.76 bits per heavy atom. The Labute approximate surface area is 127 Å². The fourth-order valence-electron chi connectivity index (χ4n) is 2.47. The minimum atomic E-state index is -0.538. The van der Waals surface area contributed by atoms with Crippen LogP contribution in [-0.2, 0) is 12.8 Å². The molecule has 0 bridgehead atoms. The predicted octanol–water partition coefficient (Wildman–Crippen LogP) is 5.67. The zero-order valence-corrected chi connectivity index (χ0v) is 12.6. The Morgan fingerprint density at radius 3 is 2.38 bits per heavy atom. The molecule has 2 aromatic carbocycles. The van der Waals surface area contributed by atoms with E-state index in [0.717, 1.165) is 0 Å². The van der Waals surface area contributed by atoms with Crippen molar-refractivity contribution in [3.8, 4) is 0 Å². The van der Waals surface area contributed by atoms with E-state index < -0.39 is 17.5 Å². The summed E-state index contributed by atoms with van der Waals surface area (Å²) in [6.45, 7) is 3.51. The van der Waals surface area contributed by atoms with Crippen molar-refractivity contribution in [3.63, 3.8) is 0 Å². The monoisotopic (exact) mass is 312 g/mol. The fourth-order valence-corrected chi connectivity index (χ4v) is 2.63. The number of hydrogen-bond donors (Lipinski definition) is 0. The number of hydrogen-bond acceptors (Lipinski definition) is 0. The Morgan fingerprint density at radius 1 is 1.05 bits per heavy atom. The van der Waals surface area contributed by atoms with Crippen LogP contribution in [0.5, 0.6) is 0 Å². The SMILES string of the molecule is CCc1c(F)ccc(CC(C)c2ccc(Cl)cc2F)c1F. The van der Waals surface area contributed by atoms with Gasteiger partial charge in [-0.3, -0.25) is 0 Å². The van der Waals surface area contributed by atoms with Crippen LogP contribution in [0.1, 0.15) is 36.5 Å². The highest BCUT2D eigenvalue weighted by atomic mass is 35.5. The summed E-state index contributed by atoms with van der Waals surface area (Å²) in [5, 5.41) is 0.324. The van der Waals surface area contributed by atoms with Crippen LogP contribution in [0.2, 0.25) is 5.02 Å². The molecule has 0 fully saturated rings. The maximum absolute atomic E-state index is 14.2. The van der Waals surface area contributed by atoms with Crippen LogP contribution in [0, 0.1) is 17.5 Å². The normalized spacial score (nSPS) is 12.5. The van der Waals surface area contributed by atoms with Crippen LogP contribution in [0.25, 0.3) is 0 Å². The Kier molecular flexibility index (Phi) is 4.94. The van der Waals surface area contributed by atoms with Gasteiger partial charge in [0.25, 0.3) is 0 Å². The van der Waals surface area contributed by atoms with Gasteiger partial charge in [-0.25, -0.2) is 13.2 Å². The molecule has 2 rings (SSSR count). The van der Waals surface area contributed by atoms with E-state index in [-0.39, 0.29) is 17.9 Å². The first kappa shape index (κ1) is 15.9. The van der Waals surface area contributed by atoms with E-state index in [2.05, 4.69) is 0 Å². The third-order valence-electron chi connectivity index (χ3n) is 3.64. The van der Waals surface area contributed by atoms with Gasteiger partial charge in [0, 0.05) is 10.6 Å². The maximum atomic E-state index is 14.2. The molecule has 0 aliphatic carbocycles. The van der Waals surface area contributed by atoms with Crippen LogP contribution in [0.15, 0.2) is 30.3 Å². The lowest BCUT2D eigenvalue weighted by atomic mass is 9.92. The molecular weight excluding hydrogens is 297 g/mol. The van der Waals surface area contributed by atoms with E-state index in [1.165, 1.54) is 18.2 Å². The summed E-state index contributed by atoms with van der Waals surface area (Å²) in [6.07, 6.45) is 0.590. The van der Waals surface area contributed by atoms with E-state index in [1.807, 2.05) is 0 Å². The summed E-state index contributed by atoms with van der Waals surface area (Å²) >= 11 is 5.72. The molecule has 21 heavy (non-hydrogen) atoms. The number of rotatable bonds is 4. The second-order valence-corrected chi connectivity index (χ2v) is 5.56. The maximum Gasteiger partial charge on any atom is 0.132 e. The molecule has 2 aromatic rings. The average molecular weight is 313 g/mol. The molecule has 1 atom stereocenters. The first-order chi connectivity index (χ1) is 9.93. The van der Waals surface area contributed by atoms with Gasteiger partial charge in [-0.2, -0.15) is 0 Å². The minimum absolute atomic E-state index is 0.0799. The average Bonchev–Trinajstić information content (AvgIpc) is 2.42. The molecule has 112 valence electrons. The zero-order chi connectivity index (χ0) is 15.6. The van der Waals surface area contributed by atoms with E-state index in [0.29, 0.717) is 22.6 Å². The van der Waals surface area contributed by atoms with Gasteiger partial charge >= 0.3 is 0 Å². The van der Waals surface area contributed by atoms with Crippen molar-refractivity contribution in [2.24, 2.45) is 0 Å². The largest absolute Gasteiger partial charge is 0.207 e. The molecule has 0 saturated heterocycles. The Hall–Kier alpha value is -1.48. The van der Waals surface area contributed by atoms with E-state index in [9.17, 15) is 13.2 Å². The highest BCUT2D eigenvalue weighted by molar-refractivity contribution is 6.30. The van der Waals surface area contributed by atoms with Crippen LogP contribution >= 0.6 is 11.6 Å². The quantitative estimate of drug-likeness (QED) is 0.682. The second kappa shape index (κ2) is 6.52.